The zero-order chi connectivity index (χ0) is 15.6. The first-order valence-electron chi connectivity index (χ1n) is 5.84. The van der Waals surface area contributed by atoms with Gasteiger partial charge in [-0.25, -0.2) is 8.42 Å². The number of halogens is 2. The third kappa shape index (κ3) is 4.20. The first-order valence-corrected chi connectivity index (χ1v) is 8.48. The van der Waals surface area contributed by atoms with Crippen LogP contribution < -0.4 is 4.72 Å². The van der Waals surface area contributed by atoms with Gasteiger partial charge in [0.15, 0.2) is 5.78 Å². The van der Waals surface area contributed by atoms with E-state index in [0.717, 1.165) is 6.26 Å². The summed E-state index contributed by atoms with van der Waals surface area (Å²) < 4.78 is 24.5. The van der Waals surface area contributed by atoms with E-state index in [1.807, 2.05) is 0 Å². The quantitative estimate of drug-likeness (QED) is 0.862. The molecule has 0 aliphatic rings. The largest absolute Gasteiger partial charge is 0.289 e. The van der Waals surface area contributed by atoms with Gasteiger partial charge in [-0.3, -0.25) is 9.52 Å². The first-order chi connectivity index (χ1) is 9.76. The molecule has 0 saturated carbocycles. The maximum absolute atomic E-state index is 12.3. The average molecular weight is 344 g/mol. The predicted molar refractivity (Wildman–Crippen MR) is 84.8 cm³/mol. The SMILES string of the molecule is CS(=O)(=O)Nc1ccc(C(=O)c2ccc(Cl)c(Cl)c2)cc1. The summed E-state index contributed by atoms with van der Waals surface area (Å²) in [5.74, 6) is -0.223. The van der Waals surface area contributed by atoms with E-state index in [1.165, 1.54) is 18.2 Å². The van der Waals surface area contributed by atoms with Crippen LogP contribution in [0.15, 0.2) is 42.5 Å². The van der Waals surface area contributed by atoms with Crippen LogP contribution in [-0.2, 0) is 10.0 Å². The Balaban J connectivity index is 2.25. The lowest BCUT2D eigenvalue weighted by molar-refractivity contribution is 0.103. The summed E-state index contributed by atoms with van der Waals surface area (Å²) in [7, 11) is -3.34. The molecular formula is C14H11Cl2NO3S. The molecule has 1 N–H and O–H groups in total. The van der Waals surface area contributed by atoms with Gasteiger partial charge in [0.1, 0.15) is 0 Å². The second-order valence-electron chi connectivity index (χ2n) is 4.41. The first kappa shape index (κ1) is 15.8. The number of carbonyl (C=O) groups is 1. The Morgan fingerprint density at radius 3 is 2.05 bits per heavy atom. The van der Waals surface area contributed by atoms with E-state index in [4.69, 9.17) is 23.2 Å². The van der Waals surface area contributed by atoms with Crippen molar-refractivity contribution in [2.24, 2.45) is 0 Å². The molecule has 7 heteroatoms. The highest BCUT2D eigenvalue weighted by Crippen LogP contribution is 2.24. The molecule has 21 heavy (non-hydrogen) atoms. The van der Waals surface area contributed by atoms with Gasteiger partial charge in [0.05, 0.1) is 16.3 Å². The minimum absolute atomic E-state index is 0.223. The monoisotopic (exact) mass is 343 g/mol. The molecular weight excluding hydrogens is 333 g/mol. The second kappa shape index (κ2) is 6.05. The molecule has 0 spiro atoms. The summed E-state index contributed by atoms with van der Waals surface area (Å²) in [6.45, 7) is 0. The lowest BCUT2D eigenvalue weighted by Crippen LogP contribution is -2.09. The molecule has 0 atom stereocenters. The standard InChI is InChI=1S/C14H11Cl2NO3S/c1-21(19,20)17-11-5-2-9(3-6-11)14(18)10-4-7-12(15)13(16)8-10/h2-8,17H,1H3. The summed E-state index contributed by atoms with van der Waals surface area (Å²) in [5.41, 5.74) is 1.23. The molecule has 2 aromatic rings. The number of hydrogen-bond acceptors (Lipinski definition) is 3. The normalized spacial score (nSPS) is 11.2. The van der Waals surface area contributed by atoms with Crippen molar-refractivity contribution in [1.29, 1.82) is 0 Å². The van der Waals surface area contributed by atoms with Crippen molar-refractivity contribution in [1.82, 2.24) is 0 Å². The van der Waals surface area contributed by atoms with Crippen LogP contribution in [0.1, 0.15) is 15.9 Å². The number of ketones is 1. The Labute approximate surface area is 132 Å². The van der Waals surface area contributed by atoms with Crippen molar-refractivity contribution in [2.75, 3.05) is 11.0 Å². The van der Waals surface area contributed by atoms with Gasteiger partial charge in [0.2, 0.25) is 10.0 Å². The predicted octanol–water partition coefficient (Wildman–Crippen LogP) is 3.60. The van der Waals surface area contributed by atoms with Gasteiger partial charge in [0.25, 0.3) is 0 Å². The lowest BCUT2D eigenvalue weighted by atomic mass is 10.0. The van der Waals surface area contributed by atoms with Gasteiger partial charge in [-0.2, -0.15) is 0 Å². The summed E-state index contributed by atoms with van der Waals surface area (Å²) in [5, 5.41) is 0.679. The van der Waals surface area contributed by atoms with Crippen LogP contribution in [0, 0.1) is 0 Å². The minimum atomic E-state index is -3.34. The molecule has 0 radical (unpaired) electrons. The molecule has 0 saturated heterocycles. The number of sulfonamides is 1. The second-order valence-corrected chi connectivity index (χ2v) is 6.97. The maximum Gasteiger partial charge on any atom is 0.229 e. The zero-order valence-corrected chi connectivity index (χ0v) is 13.3. The molecule has 0 aliphatic heterocycles. The molecule has 0 bridgehead atoms. The van der Waals surface area contributed by atoms with Crippen LogP contribution in [0.2, 0.25) is 10.0 Å². The number of carbonyl (C=O) groups excluding carboxylic acids is 1. The highest BCUT2D eigenvalue weighted by Gasteiger charge is 2.11. The van der Waals surface area contributed by atoms with Crippen molar-refractivity contribution in [3.05, 3.63) is 63.6 Å². The maximum atomic E-state index is 12.3. The molecule has 0 aromatic heterocycles. The Morgan fingerprint density at radius 1 is 0.952 bits per heavy atom. The molecule has 2 rings (SSSR count). The molecule has 2 aromatic carbocycles. The fraction of sp³-hybridized carbons (Fsp3) is 0.0714. The number of hydrogen-bond donors (Lipinski definition) is 1. The van der Waals surface area contributed by atoms with Crippen molar-refractivity contribution < 1.29 is 13.2 Å². The molecule has 0 unspecified atom stereocenters. The van der Waals surface area contributed by atoms with Gasteiger partial charge < -0.3 is 0 Å². The number of benzene rings is 2. The van der Waals surface area contributed by atoms with E-state index >= 15 is 0 Å². The summed E-state index contributed by atoms with van der Waals surface area (Å²) >= 11 is 11.7. The van der Waals surface area contributed by atoms with Gasteiger partial charge in [-0.1, -0.05) is 23.2 Å². The molecule has 0 heterocycles. The molecule has 0 aliphatic carbocycles. The molecule has 110 valence electrons. The van der Waals surface area contributed by atoms with Crippen molar-refractivity contribution in [3.8, 4) is 0 Å². The van der Waals surface area contributed by atoms with Gasteiger partial charge >= 0.3 is 0 Å². The summed E-state index contributed by atoms with van der Waals surface area (Å²) in [6.07, 6.45) is 1.06. The Kier molecular flexibility index (Phi) is 4.56. The van der Waals surface area contributed by atoms with E-state index in [9.17, 15) is 13.2 Å². The smallest absolute Gasteiger partial charge is 0.229 e. The van der Waals surface area contributed by atoms with Gasteiger partial charge in [-0.05, 0) is 42.5 Å². The zero-order valence-electron chi connectivity index (χ0n) is 10.9. The lowest BCUT2D eigenvalue weighted by Gasteiger charge is -2.06. The fourth-order valence-electron chi connectivity index (χ4n) is 1.71. The Bertz CT molecular complexity index is 786. The van der Waals surface area contributed by atoms with E-state index in [-0.39, 0.29) is 5.78 Å². The summed E-state index contributed by atoms with van der Waals surface area (Å²) in [4.78, 5) is 12.3. The van der Waals surface area contributed by atoms with Crippen LogP contribution in [0.3, 0.4) is 0 Å². The van der Waals surface area contributed by atoms with Crippen LogP contribution in [-0.4, -0.2) is 20.5 Å². The molecule has 4 nitrogen and oxygen atoms in total. The van der Waals surface area contributed by atoms with Crippen LogP contribution in [0.4, 0.5) is 5.69 Å². The highest BCUT2D eigenvalue weighted by atomic mass is 35.5. The van der Waals surface area contributed by atoms with Gasteiger partial charge in [0, 0.05) is 16.8 Å². The third-order valence-corrected chi connectivity index (χ3v) is 3.98. The minimum Gasteiger partial charge on any atom is -0.289 e. The van der Waals surface area contributed by atoms with E-state index < -0.39 is 10.0 Å². The van der Waals surface area contributed by atoms with Crippen LogP contribution in [0.5, 0.6) is 0 Å². The van der Waals surface area contributed by atoms with E-state index in [2.05, 4.69) is 4.72 Å². The summed E-state index contributed by atoms with van der Waals surface area (Å²) in [6, 6.07) is 10.7. The van der Waals surface area contributed by atoms with Crippen molar-refractivity contribution in [3.63, 3.8) is 0 Å². The number of rotatable bonds is 4. The fourth-order valence-corrected chi connectivity index (χ4v) is 2.57. The van der Waals surface area contributed by atoms with Crippen LogP contribution >= 0.6 is 23.2 Å². The topological polar surface area (TPSA) is 63.2 Å². The van der Waals surface area contributed by atoms with Crippen LogP contribution in [0.25, 0.3) is 0 Å². The van der Waals surface area contributed by atoms with E-state index in [1.54, 1.807) is 24.3 Å². The van der Waals surface area contributed by atoms with Gasteiger partial charge in [-0.15, -0.1) is 0 Å². The van der Waals surface area contributed by atoms with E-state index in [0.29, 0.717) is 26.9 Å². The number of nitrogens with one attached hydrogen (secondary N) is 1. The highest BCUT2D eigenvalue weighted by molar-refractivity contribution is 7.92. The Morgan fingerprint density at radius 2 is 1.52 bits per heavy atom. The van der Waals surface area contributed by atoms with Crippen molar-refractivity contribution >= 4 is 44.7 Å². The number of anilines is 1. The average Bonchev–Trinajstić information content (AvgIpc) is 2.40. The molecule has 0 fully saturated rings. The third-order valence-electron chi connectivity index (χ3n) is 2.63. The Hall–Kier alpha value is -1.56. The molecule has 0 amide bonds. The van der Waals surface area contributed by atoms with Crippen molar-refractivity contribution in [2.45, 2.75) is 0 Å².